The normalized spacial score (nSPS) is 17.2. The fourth-order valence-corrected chi connectivity index (χ4v) is 4.71. The number of aromatic hydroxyl groups is 1. The number of aliphatic hydroxyl groups excluding tert-OH is 1. The Morgan fingerprint density at radius 2 is 1.75 bits per heavy atom. The molecule has 5 rings (SSSR count). The SMILES string of the molecule is COc1ccc2[nH]cc(CCN3C(=O)C(=O)C(=C(O)c4ccc(C)cc4)[C@H]3c3ccc(O)cc3)c2c1. The molecule has 36 heavy (non-hydrogen) atoms. The molecule has 3 aromatic carbocycles. The Morgan fingerprint density at radius 3 is 2.44 bits per heavy atom. The molecule has 1 aromatic heterocycles. The number of rotatable bonds is 6. The standard InChI is InChI=1S/C29H26N2O5/c1-17-3-5-19(6-4-17)27(33)25-26(18-7-9-21(32)10-8-18)31(29(35)28(25)34)14-13-20-16-30-24-12-11-22(36-2)15-23(20)24/h3-12,15-16,26,30,32-33H,13-14H2,1-2H3/t26-/m1/s1. The summed E-state index contributed by atoms with van der Waals surface area (Å²) in [5.74, 6) is -0.815. The fourth-order valence-electron chi connectivity index (χ4n) is 4.71. The first kappa shape index (κ1) is 23.2. The van der Waals surface area contributed by atoms with Gasteiger partial charge in [0.05, 0.1) is 18.7 Å². The number of aliphatic hydroxyl groups is 1. The smallest absolute Gasteiger partial charge is 0.295 e. The van der Waals surface area contributed by atoms with Crippen LogP contribution in [0.2, 0.25) is 0 Å². The third-order valence-electron chi connectivity index (χ3n) is 6.67. The number of H-pyrrole nitrogens is 1. The molecular weight excluding hydrogens is 456 g/mol. The van der Waals surface area contributed by atoms with Crippen LogP contribution in [-0.4, -0.2) is 45.4 Å². The van der Waals surface area contributed by atoms with Crippen LogP contribution < -0.4 is 4.74 Å². The monoisotopic (exact) mass is 482 g/mol. The van der Waals surface area contributed by atoms with E-state index in [1.807, 2.05) is 43.5 Å². The second kappa shape index (κ2) is 9.26. The molecule has 7 nitrogen and oxygen atoms in total. The Hall–Kier alpha value is -4.52. The summed E-state index contributed by atoms with van der Waals surface area (Å²) in [6, 6.07) is 18.4. The first-order valence-corrected chi connectivity index (χ1v) is 11.7. The van der Waals surface area contributed by atoms with Crippen molar-refractivity contribution in [1.82, 2.24) is 9.88 Å². The number of fused-ring (bicyclic) bond motifs is 1. The third kappa shape index (κ3) is 4.09. The molecule has 182 valence electrons. The molecule has 0 aliphatic carbocycles. The zero-order valence-corrected chi connectivity index (χ0v) is 20.0. The maximum Gasteiger partial charge on any atom is 0.295 e. The van der Waals surface area contributed by atoms with Crippen LogP contribution in [0.3, 0.4) is 0 Å². The highest BCUT2D eigenvalue weighted by molar-refractivity contribution is 6.46. The van der Waals surface area contributed by atoms with Crippen molar-refractivity contribution in [3.05, 3.63) is 101 Å². The maximum absolute atomic E-state index is 13.2. The lowest BCUT2D eigenvalue weighted by Crippen LogP contribution is -2.31. The van der Waals surface area contributed by atoms with Crippen LogP contribution in [0.1, 0.15) is 28.3 Å². The predicted molar refractivity (Wildman–Crippen MR) is 137 cm³/mol. The molecule has 1 aliphatic rings. The number of hydrogen-bond acceptors (Lipinski definition) is 5. The minimum absolute atomic E-state index is 0.0372. The second-order valence-corrected chi connectivity index (χ2v) is 8.93. The van der Waals surface area contributed by atoms with Gasteiger partial charge in [-0.3, -0.25) is 9.59 Å². The summed E-state index contributed by atoms with van der Waals surface area (Å²) < 4.78 is 5.35. The maximum atomic E-state index is 13.2. The van der Waals surface area contributed by atoms with Crippen molar-refractivity contribution in [3.63, 3.8) is 0 Å². The summed E-state index contributed by atoms with van der Waals surface area (Å²) >= 11 is 0. The molecule has 0 spiro atoms. The number of carbonyl (C=O) groups is 2. The van der Waals surface area contributed by atoms with Crippen molar-refractivity contribution in [2.24, 2.45) is 0 Å². The Kier molecular flexibility index (Phi) is 5.98. The Bertz CT molecular complexity index is 1480. The lowest BCUT2D eigenvalue weighted by molar-refractivity contribution is -0.139. The van der Waals surface area contributed by atoms with E-state index in [1.54, 1.807) is 31.4 Å². The van der Waals surface area contributed by atoms with Gasteiger partial charge in [-0.05, 0) is 54.8 Å². The number of hydrogen-bond donors (Lipinski definition) is 3. The highest BCUT2D eigenvalue weighted by Gasteiger charge is 2.45. The van der Waals surface area contributed by atoms with Crippen molar-refractivity contribution in [2.45, 2.75) is 19.4 Å². The van der Waals surface area contributed by atoms with Crippen LogP contribution in [-0.2, 0) is 16.0 Å². The van der Waals surface area contributed by atoms with Gasteiger partial charge in [0.25, 0.3) is 11.7 Å². The number of nitrogens with zero attached hydrogens (tertiary/aromatic N) is 1. The number of aromatic amines is 1. The molecule has 2 heterocycles. The summed E-state index contributed by atoms with van der Waals surface area (Å²) in [7, 11) is 1.61. The average Bonchev–Trinajstić information content (AvgIpc) is 3.40. The third-order valence-corrected chi connectivity index (χ3v) is 6.67. The van der Waals surface area contributed by atoms with E-state index in [4.69, 9.17) is 4.74 Å². The van der Waals surface area contributed by atoms with Gasteiger partial charge < -0.3 is 24.8 Å². The van der Waals surface area contributed by atoms with Crippen molar-refractivity contribution < 1.29 is 24.5 Å². The van der Waals surface area contributed by atoms with Crippen molar-refractivity contribution in [2.75, 3.05) is 13.7 Å². The largest absolute Gasteiger partial charge is 0.508 e. The molecule has 4 aromatic rings. The van der Waals surface area contributed by atoms with Gasteiger partial charge in [0, 0.05) is 29.2 Å². The number of amides is 1. The van der Waals surface area contributed by atoms with Crippen LogP contribution >= 0.6 is 0 Å². The van der Waals surface area contributed by atoms with E-state index >= 15 is 0 Å². The van der Waals surface area contributed by atoms with E-state index in [2.05, 4.69) is 4.98 Å². The number of carbonyl (C=O) groups excluding carboxylic acids is 2. The van der Waals surface area contributed by atoms with Crippen LogP contribution in [0.25, 0.3) is 16.7 Å². The zero-order valence-electron chi connectivity index (χ0n) is 20.0. The number of benzene rings is 3. The minimum Gasteiger partial charge on any atom is -0.508 e. The fraction of sp³-hybridized carbons (Fsp3) is 0.172. The van der Waals surface area contributed by atoms with E-state index in [-0.39, 0.29) is 23.6 Å². The van der Waals surface area contributed by atoms with E-state index in [0.29, 0.717) is 17.5 Å². The average molecular weight is 483 g/mol. The lowest BCUT2D eigenvalue weighted by atomic mass is 9.95. The number of Topliss-reactive ketones (excluding diaryl/α,β-unsaturated/α-hetero) is 1. The number of aryl methyl sites for hydroxylation is 1. The van der Waals surface area contributed by atoms with Gasteiger partial charge in [0.1, 0.15) is 17.3 Å². The lowest BCUT2D eigenvalue weighted by Gasteiger charge is -2.25. The number of phenolic OH excluding ortho intramolecular Hbond substituents is 1. The summed E-state index contributed by atoms with van der Waals surface area (Å²) in [6.45, 7) is 2.18. The van der Waals surface area contributed by atoms with Gasteiger partial charge in [0.2, 0.25) is 0 Å². The molecule has 0 saturated carbocycles. The van der Waals surface area contributed by atoms with E-state index in [1.165, 1.54) is 17.0 Å². The molecule has 0 unspecified atom stereocenters. The van der Waals surface area contributed by atoms with Crippen molar-refractivity contribution in [1.29, 1.82) is 0 Å². The molecule has 0 bridgehead atoms. The van der Waals surface area contributed by atoms with E-state index < -0.39 is 17.7 Å². The molecule has 3 N–H and O–H groups in total. The van der Waals surface area contributed by atoms with Crippen LogP contribution in [0.15, 0.2) is 78.5 Å². The van der Waals surface area contributed by atoms with Crippen LogP contribution in [0, 0.1) is 6.92 Å². The number of phenols is 1. The highest BCUT2D eigenvalue weighted by atomic mass is 16.5. The summed E-state index contributed by atoms with van der Waals surface area (Å²) in [6.07, 6.45) is 2.38. The molecule has 1 fully saturated rings. The van der Waals surface area contributed by atoms with Crippen LogP contribution in [0.5, 0.6) is 11.5 Å². The molecule has 0 radical (unpaired) electrons. The Labute approximate surface area is 208 Å². The van der Waals surface area contributed by atoms with Crippen molar-refractivity contribution >= 4 is 28.4 Å². The molecular formula is C29H26N2O5. The van der Waals surface area contributed by atoms with Gasteiger partial charge in [0.15, 0.2) is 0 Å². The number of methoxy groups -OCH3 is 1. The quantitative estimate of drug-likeness (QED) is 0.207. The van der Waals surface area contributed by atoms with Crippen molar-refractivity contribution in [3.8, 4) is 11.5 Å². The summed E-state index contributed by atoms with van der Waals surface area (Å²) in [5.41, 5.74) is 4.07. The first-order chi connectivity index (χ1) is 17.4. The Balaban J connectivity index is 1.55. The Morgan fingerprint density at radius 1 is 1.03 bits per heavy atom. The first-order valence-electron chi connectivity index (χ1n) is 11.7. The van der Waals surface area contributed by atoms with Gasteiger partial charge in [-0.1, -0.05) is 42.0 Å². The van der Waals surface area contributed by atoms with Crippen LogP contribution in [0.4, 0.5) is 0 Å². The van der Waals surface area contributed by atoms with E-state index in [9.17, 15) is 19.8 Å². The number of aromatic nitrogens is 1. The topological polar surface area (TPSA) is 103 Å². The number of nitrogens with one attached hydrogen (secondary N) is 1. The predicted octanol–water partition coefficient (Wildman–Crippen LogP) is 4.85. The number of ketones is 1. The highest BCUT2D eigenvalue weighted by Crippen LogP contribution is 2.40. The minimum atomic E-state index is -0.786. The number of likely N-dealkylation sites (tertiary alicyclic amines) is 1. The summed E-state index contributed by atoms with van der Waals surface area (Å²) in [5, 5.41) is 21.9. The van der Waals surface area contributed by atoms with Gasteiger partial charge >= 0.3 is 0 Å². The second-order valence-electron chi connectivity index (χ2n) is 8.93. The zero-order chi connectivity index (χ0) is 25.4. The molecule has 1 aliphatic heterocycles. The molecule has 1 saturated heterocycles. The van der Waals surface area contributed by atoms with Gasteiger partial charge in [-0.25, -0.2) is 0 Å². The van der Waals surface area contributed by atoms with Gasteiger partial charge in [-0.15, -0.1) is 0 Å². The number of ether oxygens (including phenoxy) is 1. The molecule has 1 atom stereocenters. The van der Waals surface area contributed by atoms with E-state index in [0.717, 1.165) is 27.8 Å². The summed E-state index contributed by atoms with van der Waals surface area (Å²) in [4.78, 5) is 31.2. The molecule has 7 heteroatoms. The van der Waals surface area contributed by atoms with Gasteiger partial charge in [-0.2, -0.15) is 0 Å². The molecule has 1 amide bonds.